The number of thioether (sulfide) groups is 1. The molecular weight excluding hydrogens is 452 g/mol. The Morgan fingerprint density at radius 3 is 2.38 bits per heavy atom. The van der Waals surface area contributed by atoms with E-state index in [9.17, 15) is 14.4 Å². The first-order valence-corrected chi connectivity index (χ1v) is 11.3. The minimum absolute atomic E-state index is 0.0301. The Bertz CT molecular complexity index is 1430. The SMILES string of the molecule is COc1ccc(-c2nc(SCC(=O)Nc3cccc4c3C(=O)c3ccccc3C4=O)n[nH]2)cc1. The van der Waals surface area contributed by atoms with Gasteiger partial charge in [-0.25, -0.2) is 4.98 Å². The first kappa shape index (κ1) is 21.6. The number of H-pyrrole nitrogens is 1. The molecule has 0 saturated heterocycles. The van der Waals surface area contributed by atoms with E-state index in [0.717, 1.165) is 23.1 Å². The summed E-state index contributed by atoms with van der Waals surface area (Å²) in [6, 6.07) is 18.9. The highest BCUT2D eigenvalue weighted by atomic mass is 32.2. The van der Waals surface area contributed by atoms with Gasteiger partial charge < -0.3 is 10.1 Å². The van der Waals surface area contributed by atoms with Crippen LogP contribution in [0.1, 0.15) is 31.8 Å². The number of ether oxygens (including phenoxy) is 1. The number of nitrogens with one attached hydrogen (secondary N) is 2. The summed E-state index contributed by atoms with van der Waals surface area (Å²) in [5, 5.41) is 10.2. The molecule has 1 amide bonds. The topological polar surface area (TPSA) is 114 Å². The fourth-order valence-corrected chi connectivity index (χ4v) is 4.35. The number of hydrogen-bond donors (Lipinski definition) is 2. The molecule has 5 rings (SSSR count). The minimum atomic E-state index is -0.340. The average molecular weight is 471 g/mol. The zero-order valence-electron chi connectivity index (χ0n) is 18.0. The number of aromatic amines is 1. The molecule has 4 aromatic rings. The maximum Gasteiger partial charge on any atom is 0.234 e. The minimum Gasteiger partial charge on any atom is -0.497 e. The molecular formula is C25H18N4O4S. The Morgan fingerprint density at radius 1 is 0.941 bits per heavy atom. The van der Waals surface area contributed by atoms with Crippen molar-refractivity contribution in [1.82, 2.24) is 15.2 Å². The van der Waals surface area contributed by atoms with E-state index < -0.39 is 0 Å². The lowest BCUT2D eigenvalue weighted by molar-refractivity contribution is -0.113. The first-order valence-electron chi connectivity index (χ1n) is 10.4. The Balaban J connectivity index is 1.29. The van der Waals surface area contributed by atoms with Crippen molar-refractivity contribution in [3.63, 3.8) is 0 Å². The fraction of sp³-hybridized carbons (Fsp3) is 0.0800. The predicted octanol–water partition coefficient (Wildman–Crippen LogP) is 3.99. The fourth-order valence-electron chi connectivity index (χ4n) is 3.75. The highest BCUT2D eigenvalue weighted by Crippen LogP contribution is 2.32. The number of benzene rings is 3. The predicted molar refractivity (Wildman–Crippen MR) is 127 cm³/mol. The van der Waals surface area contributed by atoms with E-state index in [4.69, 9.17) is 4.74 Å². The van der Waals surface area contributed by atoms with Gasteiger partial charge in [-0.2, -0.15) is 0 Å². The normalized spacial score (nSPS) is 12.1. The van der Waals surface area contributed by atoms with Gasteiger partial charge in [-0.3, -0.25) is 19.5 Å². The summed E-state index contributed by atoms with van der Waals surface area (Å²) in [4.78, 5) is 43.0. The molecule has 1 heterocycles. The number of ketones is 2. The number of carbonyl (C=O) groups excluding carboxylic acids is 3. The van der Waals surface area contributed by atoms with Crippen LogP contribution in [0.2, 0.25) is 0 Å². The van der Waals surface area contributed by atoms with Crippen molar-refractivity contribution in [2.75, 3.05) is 18.2 Å². The van der Waals surface area contributed by atoms with Crippen LogP contribution in [-0.4, -0.2) is 45.5 Å². The maximum absolute atomic E-state index is 13.1. The third kappa shape index (κ3) is 3.97. The largest absolute Gasteiger partial charge is 0.497 e. The molecule has 0 fully saturated rings. The number of amides is 1. The molecule has 9 heteroatoms. The molecule has 168 valence electrons. The van der Waals surface area contributed by atoms with Crippen molar-refractivity contribution in [3.05, 3.63) is 89.0 Å². The Labute approximate surface area is 198 Å². The molecule has 34 heavy (non-hydrogen) atoms. The van der Waals surface area contributed by atoms with E-state index in [0.29, 0.717) is 27.8 Å². The molecule has 1 aliphatic rings. The highest BCUT2D eigenvalue weighted by Gasteiger charge is 2.31. The molecule has 0 spiro atoms. The number of aromatic nitrogens is 3. The van der Waals surface area contributed by atoms with Crippen LogP contribution in [-0.2, 0) is 4.79 Å². The summed E-state index contributed by atoms with van der Waals surface area (Å²) in [7, 11) is 1.60. The van der Waals surface area contributed by atoms with Gasteiger partial charge >= 0.3 is 0 Å². The second kappa shape index (κ2) is 8.95. The number of methoxy groups -OCH3 is 1. The molecule has 0 unspecified atom stereocenters. The summed E-state index contributed by atoms with van der Waals surface area (Å²) in [5.74, 6) is 0.483. The Kier molecular flexibility index (Phi) is 5.69. The molecule has 2 N–H and O–H groups in total. The van der Waals surface area contributed by atoms with Crippen molar-refractivity contribution < 1.29 is 19.1 Å². The van der Waals surface area contributed by atoms with E-state index in [1.165, 1.54) is 0 Å². The summed E-state index contributed by atoms with van der Waals surface area (Å²) in [6.07, 6.45) is 0. The summed E-state index contributed by atoms with van der Waals surface area (Å²) < 4.78 is 5.15. The molecule has 0 saturated carbocycles. The van der Waals surface area contributed by atoms with E-state index >= 15 is 0 Å². The van der Waals surface area contributed by atoms with E-state index in [2.05, 4.69) is 20.5 Å². The number of anilines is 1. The van der Waals surface area contributed by atoms with Gasteiger partial charge in [0.05, 0.1) is 24.1 Å². The van der Waals surface area contributed by atoms with E-state index in [1.54, 1.807) is 49.6 Å². The molecule has 1 aromatic heterocycles. The van der Waals surface area contributed by atoms with Gasteiger partial charge in [0.15, 0.2) is 17.4 Å². The lowest BCUT2D eigenvalue weighted by Crippen LogP contribution is -2.24. The average Bonchev–Trinajstić information content (AvgIpc) is 3.35. The van der Waals surface area contributed by atoms with Crippen molar-refractivity contribution in [3.8, 4) is 17.1 Å². The summed E-state index contributed by atoms with van der Waals surface area (Å²) >= 11 is 1.16. The maximum atomic E-state index is 13.1. The van der Waals surface area contributed by atoms with Crippen LogP contribution >= 0.6 is 11.8 Å². The number of fused-ring (bicyclic) bond motifs is 2. The van der Waals surface area contributed by atoms with Crippen LogP contribution < -0.4 is 10.1 Å². The smallest absolute Gasteiger partial charge is 0.234 e. The number of rotatable bonds is 6. The lowest BCUT2D eigenvalue weighted by Gasteiger charge is -2.20. The summed E-state index contributed by atoms with van der Waals surface area (Å²) in [5.41, 5.74) is 2.35. The van der Waals surface area contributed by atoms with Gasteiger partial charge in [-0.1, -0.05) is 48.2 Å². The van der Waals surface area contributed by atoms with Crippen molar-refractivity contribution in [1.29, 1.82) is 0 Å². The van der Waals surface area contributed by atoms with Gasteiger partial charge in [-0.15, -0.1) is 5.10 Å². The Morgan fingerprint density at radius 2 is 1.65 bits per heavy atom. The van der Waals surface area contributed by atoms with Gasteiger partial charge in [0.1, 0.15) is 5.75 Å². The Hall–Kier alpha value is -4.24. The number of hydrogen-bond acceptors (Lipinski definition) is 7. The van der Waals surface area contributed by atoms with Gasteiger partial charge in [-0.05, 0) is 30.3 Å². The molecule has 8 nitrogen and oxygen atoms in total. The molecule has 3 aromatic carbocycles. The van der Waals surface area contributed by atoms with Crippen LogP contribution in [0.3, 0.4) is 0 Å². The second-order valence-corrected chi connectivity index (χ2v) is 8.41. The van der Waals surface area contributed by atoms with Crippen molar-refractivity contribution >= 4 is 34.9 Å². The van der Waals surface area contributed by atoms with Crippen LogP contribution in [0.4, 0.5) is 5.69 Å². The number of carbonyl (C=O) groups is 3. The first-order chi connectivity index (χ1) is 16.5. The molecule has 0 radical (unpaired) electrons. The molecule has 0 aliphatic heterocycles. The summed E-state index contributed by atoms with van der Waals surface area (Å²) in [6.45, 7) is 0. The van der Waals surface area contributed by atoms with Crippen LogP contribution in [0.15, 0.2) is 71.9 Å². The quantitative estimate of drug-likeness (QED) is 0.361. The third-order valence-corrected chi connectivity index (χ3v) is 6.23. The van der Waals surface area contributed by atoms with E-state index in [-0.39, 0.29) is 34.4 Å². The van der Waals surface area contributed by atoms with Crippen molar-refractivity contribution in [2.24, 2.45) is 0 Å². The monoisotopic (exact) mass is 470 g/mol. The standard InChI is InChI=1S/C25H18N4O4S/c1-33-15-11-9-14(10-12-15)24-27-25(29-28-24)34-13-20(30)26-19-8-4-7-18-21(19)23(32)17-6-3-2-5-16(17)22(18)31/h2-12H,13H2,1H3,(H,26,30)(H,27,28,29). The van der Waals surface area contributed by atoms with Crippen LogP contribution in [0.5, 0.6) is 5.75 Å². The molecule has 0 atom stereocenters. The van der Waals surface area contributed by atoms with Gasteiger partial charge in [0.2, 0.25) is 11.1 Å². The highest BCUT2D eigenvalue weighted by molar-refractivity contribution is 7.99. The third-order valence-electron chi connectivity index (χ3n) is 5.39. The van der Waals surface area contributed by atoms with Gasteiger partial charge in [0.25, 0.3) is 0 Å². The van der Waals surface area contributed by atoms with Gasteiger partial charge in [0, 0.05) is 22.3 Å². The van der Waals surface area contributed by atoms with Crippen molar-refractivity contribution in [2.45, 2.75) is 5.16 Å². The second-order valence-electron chi connectivity index (χ2n) is 7.46. The van der Waals surface area contributed by atoms with Crippen LogP contribution in [0.25, 0.3) is 11.4 Å². The number of nitrogens with zero attached hydrogens (tertiary/aromatic N) is 2. The zero-order chi connectivity index (χ0) is 23.7. The van der Waals surface area contributed by atoms with E-state index in [1.807, 2.05) is 24.3 Å². The zero-order valence-corrected chi connectivity index (χ0v) is 18.8. The van der Waals surface area contributed by atoms with Crippen LogP contribution in [0, 0.1) is 0 Å². The lowest BCUT2D eigenvalue weighted by atomic mass is 9.83. The molecule has 0 bridgehead atoms. The molecule has 1 aliphatic carbocycles.